The number of carbonyl (C=O) groups is 1. The Balaban J connectivity index is 3.69. The summed E-state index contributed by atoms with van der Waals surface area (Å²) in [5.41, 5.74) is -0.0922. The van der Waals surface area contributed by atoms with Crippen LogP contribution in [0, 0.1) is 0 Å². The molecule has 84 valence electrons. The molecule has 0 aliphatic heterocycles. The van der Waals surface area contributed by atoms with Crippen molar-refractivity contribution in [2.75, 3.05) is 6.54 Å². The average Bonchev–Trinajstić information content (AvgIpc) is 2.03. The zero-order chi connectivity index (χ0) is 11.0. The third-order valence-corrected chi connectivity index (χ3v) is 2.14. The van der Waals surface area contributed by atoms with Crippen molar-refractivity contribution in [1.82, 2.24) is 10.6 Å². The lowest BCUT2D eigenvalue weighted by molar-refractivity contribution is 0.227. The van der Waals surface area contributed by atoms with E-state index in [1.165, 1.54) is 0 Å². The Labute approximate surface area is 87.6 Å². The molecule has 0 aromatic carbocycles. The molecule has 0 spiro atoms. The second kappa shape index (κ2) is 6.68. The number of amides is 2. The summed E-state index contributed by atoms with van der Waals surface area (Å²) in [5.74, 6) is 0. The third-order valence-electron chi connectivity index (χ3n) is 2.14. The predicted octanol–water partition coefficient (Wildman–Crippen LogP) is 2.66. The van der Waals surface area contributed by atoms with Crippen molar-refractivity contribution in [2.24, 2.45) is 0 Å². The highest BCUT2D eigenvalue weighted by Crippen LogP contribution is 2.09. The van der Waals surface area contributed by atoms with Gasteiger partial charge in [0.15, 0.2) is 0 Å². The molecule has 2 amide bonds. The van der Waals surface area contributed by atoms with Crippen LogP contribution in [-0.2, 0) is 0 Å². The molecule has 0 atom stereocenters. The lowest BCUT2D eigenvalue weighted by Crippen LogP contribution is -2.48. The second-order valence-electron chi connectivity index (χ2n) is 4.37. The maximum absolute atomic E-state index is 11.4. The zero-order valence-corrected chi connectivity index (χ0v) is 9.94. The highest BCUT2D eigenvalue weighted by molar-refractivity contribution is 5.74. The van der Waals surface area contributed by atoms with Crippen molar-refractivity contribution in [2.45, 2.75) is 58.9 Å². The van der Waals surface area contributed by atoms with E-state index in [1.807, 2.05) is 0 Å². The predicted molar refractivity (Wildman–Crippen MR) is 60.4 cm³/mol. The maximum Gasteiger partial charge on any atom is 0.315 e. The van der Waals surface area contributed by atoms with E-state index in [0.717, 1.165) is 32.2 Å². The molecule has 0 saturated heterocycles. The molecule has 0 bridgehead atoms. The molecule has 0 aliphatic rings. The van der Waals surface area contributed by atoms with Crippen molar-refractivity contribution in [3.63, 3.8) is 0 Å². The van der Waals surface area contributed by atoms with Crippen molar-refractivity contribution < 1.29 is 4.79 Å². The molecule has 0 rings (SSSR count). The Morgan fingerprint density at radius 2 is 1.86 bits per heavy atom. The fraction of sp³-hybridized carbons (Fsp3) is 0.909. The smallest absolute Gasteiger partial charge is 0.315 e. The van der Waals surface area contributed by atoms with Gasteiger partial charge < -0.3 is 10.6 Å². The number of rotatable bonds is 6. The summed E-state index contributed by atoms with van der Waals surface area (Å²) in [5, 5.41) is 5.81. The summed E-state index contributed by atoms with van der Waals surface area (Å²) in [7, 11) is 0. The molecule has 0 heterocycles. The van der Waals surface area contributed by atoms with Gasteiger partial charge in [0, 0.05) is 12.1 Å². The minimum absolute atomic E-state index is 0.0445. The first-order valence-corrected chi connectivity index (χ1v) is 5.58. The largest absolute Gasteiger partial charge is 0.338 e. The molecule has 0 unspecified atom stereocenters. The Kier molecular flexibility index (Phi) is 6.34. The van der Waals surface area contributed by atoms with E-state index in [1.54, 1.807) is 0 Å². The van der Waals surface area contributed by atoms with Gasteiger partial charge >= 0.3 is 6.03 Å². The highest BCUT2D eigenvalue weighted by Gasteiger charge is 2.18. The Bertz CT molecular complexity index is 167. The fourth-order valence-corrected chi connectivity index (χ4v) is 1.42. The zero-order valence-electron chi connectivity index (χ0n) is 9.94. The SMILES string of the molecule is CCCCNC(=O)NC(C)(C)CCC. The number of hydrogen-bond donors (Lipinski definition) is 2. The topological polar surface area (TPSA) is 41.1 Å². The summed E-state index contributed by atoms with van der Waals surface area (Å²) >= 11 is 0. The highest BCUT2D eigenvalue weighted by atomic mass is 16.2. The number of nitrogens with one attached hydrogen (secondary N) is 2. The first-order valence-electron chi connectivity index (χ1n) is 5.58. The van der Waals surface area contributed by atoms with E-state index in [2.05, 4.69) is 38.3 Å². The van der Waals surface area contributed by atoms with Gasteiger partial charge in [0.25, 0.3) is 0 Å². The summed E-state index contributed by atoms with van der Waals surface area (Å²) in [6.07, 6.45) is 4.25. The van der Waals surface area contributed by atoms with E-state index in [4.69, 9.17) is 0 Å². The van der Waals surface area contributed by atoms with Gasteiger partial charge in [0.05, 0.1) is 0 Å². The summed E-state index contributed by atoms with van der Waals surface area (Å²) in [4.78, 5) is 11.4. The van der Waals surface area contributed by atoms with Crippen LogP contribution in [-0.4, -0.2) is 18.1 Å². The number of hydrogen-bond acceptors (Lipinski definition) is 1. The lowest BCUT2D eigenvalue weighted by Gasteiger charge is -2.25. The first-order chi connectivity index (χ1) is 6.52. The second-order valence-corrected chi connectivity index (χ2v) is 4.37. The summed E-state index contributed by atoms with van der Waals surface area (Å²) < 4.78 is 0. The molecule has 0 saturated carbocycles. The molecule has 3 nitrogen and oxygen atoms in total. The first kappa shape index (κ1) is 13.3. The van der Waals surface area contributed by atoms with Gasteiger partial charge in [-0.05, 0) is 26.7 Å². The molecule has 2 N–H and O–H groups in total. The van der Waals surface area contributed by atoms with Crippen LogP contribution in [0.2, 0.25) is 0 Å². The number of urea groups is 1. The lowest BCUT2D eigenvalue weighted by atomic mass is 9.99. The Hall–Kier alpha value is -0.730. The monoisotopic (exact) mass is 200 g/mol. The Morgan fingerprint density at radius 1 is 1.21 bits per heavy atom. The normalized spacial score (nSPS) is 11.1. The molecule has 0 aromatic heterocycles. The van der Waals surface area contributed by atoms with E-state index < -0.39 is 0 Å². The molecule has 0 aliphatic carbocycles. The summed E-state index contributed by atoms with van der Waals surface area (Å²) in [6.45, 7) is 9.11. The van der Waals surface area contributed by atoms with Gasteiger partial charge in [0.1, 0.15) is 0 Å². The number of carbonyl (C=O) groups excluding carboxylic acids is 1. The molecule has 14 heavy (non-hydrogen) atoms. The van der Waals surface area contributed by atoms with Crippen LogP contribution < -0.4 is 10.6 Å². The van der Waals surface area contributed by atoms with Crippen LogP contribution >= 0.6 is 0 Å². The fourth-order valence-electron chi connectivity index (χ4n) is 1.42. The van der Waals surface area contributed by atoms with E-state index in [-0.39, 0.29) is 11.6 Å². The van der Waals surface area contributed by atoms with Crippen LogP contribution in [0.3, 0.4) is 0 Å². The molecule has 0 radical (unpaired) electrons. The van der Waals surface area contributed by atoms with Crippen molar-refractivity contribution in [1.29, 1.82) is 0 Å². The van der Waals surface area contributed by atoms with Crippen LogP contribution in [0.15, 0.2) is 0 Å². The Morgan fingerprint density at radius 3 is 2.36 bits per heavy atom. The van der Waals surface area contributed by atoms with Crippen LogP contribution in [0.25, 0.3) is 0 Å². The molecule has 3 heteroatoms. The minimum Gasteiger partial charge on any atom is -0.338 e. The van der Waals surface area contributed by atoms with Crippen LogP contribution in [0.1, 0.15) is 53.4 Å². The molecule has 0 aromatic rings. The van der Waals surface area contributed by atoms with Gasteiger partial charge in [0.2, 0.25) is 0 Å². The van der Waals surface area contributed by atoms with Gasteiger partial charge in [-0.2, -0.15) is 0 Å². The molecular formula is C11H24N2O. The standard InChI is InChI=1S/C11H24N2O/c1-5-7-9-12-10(14)13-11(3,4)8-6-2/h5-9H2,1-4H3,(H2,12,13,14). The van der Waals surface area contributed by atoms with E-state index in [9.17, 15) is 4.79 Å². The quantitative estimate of drug-likeness (QED) is 0.636. The van der Waals surface area contributed by atoms with Gasteiger partial charge in [-0.3, -0.25) is 0 Å². The van der Waals surface area contributed by atoms with Crippen molar-refractivity contribution >= 4 is 6.03 Å². The van der Waals surface area contributed by atoms with Gasteiger partial charge in [-0.25, -0.2) is 4.79 Å². The molecular weight excluding hydrogens is 176 g/mol. The summed E-state index contributed by atoms with van der Waals surface area (Å²) in [6, 6.07) is -0.0445. The average molecular weight is 200 g/mol. The van der Waals surface area contributed by atoms with Crippen LogP contribution in [0.4, 0.5) is 4.79 Å². The molecule has 0 fully saturated rings. The van der Waals surface area contributed by atoms with Gasteiger partial charge in [-0.1, -0.05) is 26.7 Å². The van der Waals surface area contributed by atoms with Crippen LogP contribution in [0.5, 0.6) is 0 Å². The van der Waals surface area contributed by atoms with Gasteiger partial charge in [-0.15, -0.1) is 0 Å². The van der Waals surface area contributed by atoms with Crippen molar-refractivity contribution in [3.8, 4) is 0 Å². The van der Waals surface area contributed by atoms with Crippen molar-refractivity contribution in [3.05, 3.63) is 0 Å². The van der Waals surface area contributed by atoms with E-state index >= 15 is 0 Å². The minimum atomic E-state index is -0.0922. The number of unbranched alkanes of at least 4 members (excludes halogenated alkanes) is 1. The maximum atomic E-state index is 11.4. The third kappa shape index (κ3) is 6.75. The van der Waals surface area contributed by atoms with E-state index in [0.29, 0.717) is 0 Å².